The summed E-state index contributed by atoms with van der Waals surface area (Å²) in [6.45, 7) is 3.61. The minimum atomic E-state index is -0.130. The van der Waals surface area contributed by atoms with E-state index in [1.807, 2.05) is 6.07 Å². The van der Waals surface area contributed by atoms with Crippen molar-refractivity contribution >= 4 is 11.7 Å². The zero-order valence-electron chi connectivity index (χ0n) is 14.3. The highest BCUT2D eigenvalue weighted by Gasteiger charge is 2.28. The van der Waals surface area contributed by atoms with Crippen molar-refractivity contribution in [2.24, 2.45) is 11.8 Å². The van der Waals surface area contributed by atoms with Crippen LogP contribution in [-0.2, 0) is 17.8 Å². The molecule has 0 saturated carbocycles. The summed E-state index contributed by atoms with van der Waals surface area (Å²) in [4.78, 5) is 23.6. The molecule has 3 heterocycles. The van der Waals surface area contributed by atoms with E-state index in [0.717, 1.165) is 31.0 Å². The van der Waals surface area contributed by atoms with E-state index in [0.29, 0.717) is 19.4 Å². The van der Waals surface area contributed by atoms with Crippen LogP contribution in [0.5, 0.6) is 0 Å². The Morgan fingerprint density at radius 3 is 3.00 bits per heavy atom. The van der Waals surface area contributed by atoms with E-state index >= 15 is 0 Å². The first-order valence-corrected chi connectivity index (χ1v) is 8.58. The minimum absolute atomic E-state index is 0.0258. The van der Waals surface area contributed by atoms with Crippen LogP contribution in [-0.4, -0.2) is 29.9 Å². The molecule has 0 spiro atoms. The van der Waals surface area contributed by atoms with Gasteiger partial charge in [-0.1, -0.05) is 5.16 Å². The van der Waals surface area contributed by atoms with Crippen molar-refractivity contribution in [2.45, 2.75) is 32.7 Å². The van der Waals surface area contributed by atoms with Crippen molar-refractivity contribution in [3.05, 3.63) is 41.7 Å². The van der Waals surface area contributed by atoms with Crippen LogP contribution < -0.4 is 10.6 Å². The third-order valence-electron chi connectivity index (χ3n) is 4.63. The molecule has 7 nitrogen and oxygen atoms in total. The van der Waals surface area contributed by atoms with Gasteiger partial charge in [0.2, 0.25) is 11.7 Å². The molecule has 1 aliphatic rings. The summed E-state index contributed by atoms with van der Waals surface area (Å²) in [5.74, 6) is 1.48. The highest BCUT2D eigenvalue weighted by molar-refractivity contribution is 5.91. The summed E-state index contributed by atoms with van der Waals surface area (Å²) in [6.07, 6.45) is 3.71. The van der Waals surface area contributed by atoms with Crippen LogP contribution in [0.15, 0.2) is 33.4 Å². The predicted octanol–water partition coefficient (Wildman–Crippen LogP) is 1.94. The molecule has 0 bridgehead atoms. The van der Waals surface area contributed by atoms with Crippen LogP contribution >= 0.6 is 0 Å². The summed E-state index contributed by atoms with van der Waals surface area (Å²) in [5.41, 5.74) is 0.764. The first-order chi connectivity index (χ1) is 12.1. The van der Waals surface area contributed by atoms with E-state index in [1.54, 1.807) is 18.4 Å². The van der Waals surface area contributed by atoms with Crippen molar-refractivity contribution in [2.75, 3.05) is 13.1 Å². The third kappa shape index (κ3) is 4.79. The van der Waals surface area contributed by atoms with Gasteiger partial charge in [0.15, 0.2) is 5.78 Å². The number of ketones is 1. The number of furan rings is 1. The molecule has 2 aromatic heterocycles. The van der Waals surface area contributed by atoms with Gasteiger partial charge in [-0.15, -0.1) is 0 Å². The van der Waals surface area contributed by atoms with Gasteiger partial charge in [0, 0.05) is 19.4 Å². The topological polar surface area (TPSA) is 97.4 Å². The number of aromatic nitrogens is 1. The summed E-state index contributed by atoms with van der Waals surface area (Å²) in [7, 11) is 0. The molecule has 0 aromatic carbocycles. The first-order valence-electron chi connectivity index (χ1n) is 8.58. The normalized spacial score (nSPS) is 20.4. The van der Waals surface area contributed by atoms with Gasteiger partial charge in [0.05, 0.1) is 18.5 Å². The Balaban J connectivity index is 1.54. The molecule has 134 valence electrons. The maximum absolute atomic E-state index is 12.2. The standard InChI is InChI=1S/C18H23N3O4/c1-12(22)17-9-15(21-25-17)7-14-10-19-5-4-13(14)8-18(23)20-11-16-3-2-6-24-16/h2-3,6,9,13-14,19H,4-5,7-8,10-11H2,1H3,(H,20,23)/t13-,14+/m0/s1. The number of carbonyl (C=O) groups is 2. The van der Waals surface area contributed by atoms with Crippen LogP contribution in [0.1, 0.15) is 41.8 Å². The Morgan fingerprint density at radius 1 is 1.40 bits per heavy atom. The fraction of sp³-hybridized carbons (Fsp3) is 0.500. The predicted molar refractivity (Wildman–Crippen MR) is 89.8 cm³/mol. The van der Waals surface area contributed by atoms with Crippen molar-refractivity contribution in [3.63, 3.8) is 0 Å². The highest BCUT2D eigenvalue weighted by Crippen LogP contribution is 2.26. The van der Waals surface area contributed by atoms with Gasteiger partial charge < -0.3 is 19.6 Å². The first kappa shape index (κ1) is 17.4. The molecule has 0 radical (unpaired) electrons. The lowest BCUT2D eigenvalue weighted by atomic mass is 9.81. The van der Waals surface area contributed by atoms with E-state index in [4.69, 9.17) is 8.94 Å². The van der Waals surface area contributed by atoms with Gasteiger partial charge >= 0.3 is 0 Å². The molecule has 1 saturated heterocycles. The summed E-state index contributed by atoms with van der Waals surface area (Å²) in [6, 6.07) is 5.34. The van der Waals surface area contributed by atoms with Crippen LogP contribution in [0.4, 0.5) is 0 Å². The van der Waals surface area contributed by atoms with Gasteiger partial charge in [-0.2, -0.15) is 0 Å². The van der Waals surface area contributed by atoms with Crippen molar-refractivity contribution < 1.29 is 18.5 Å². The van der Waals surface area contributed by atoms with Crippen LogP contribution in [0.25, 0.3) is 0 Å². The largest absolute Gasteiger partial charge is 0.467 e. The molecule has 3 rings (SSSR count). The quantitative estimate of drug-likeness (QED) is 0.745. The van der Waals surface area contributed by atoms with Crippen LogP contribution in [0.2, 0.25) is 0 Å². The average molecular weight is 345 g/mol. The van der Waals surface area contributed by atoms with Gasteiger partial charge in [0.25, 0.3) is 0 Å². The number of hydrogen-bond acceptors (Lipinski definition) is 6. The molecule has 2 aromatic rings. The monoisotopic (exact) mass is 345 g/mol. The maximum atomic E-state index is 12.2. The highest BCUT2D eigenvalue weighted by atomic mass is 16.5. The minimum Gasteiger partial charge on any atom is -0.467 e. The fourth-order valence-corrected chi connectivity index (χ4v) is 3.24. The Bertz CT molecular complexity index is 708. The smallest absolute Gasteiger partial charge is 0.220 e. The molecule has 2 N–H and O–H groups in total. The van der Waals surface area contributed by atoms with E-state index in [2.05, 4.69) is 15.8 Å². The van der Waals surface area contributed by atoms with E-state index < -0.39 is 0 Å². The Hall–Kier alpha value is -2.41. The van der Waals surface area contributed by atoms with Crippen LogP contribution in [0, 0.1) is 11.8 Å². The summed E-state index contributed by atoms with van der Waals surface area (Å²) >= 11 is 0. The second-order valence-electron chi connectivity index (χ2n) is 6.52. The van der Waals surface area contributed by atoms with Crippen molar-refractivity contribution in [1.82, 2.24) is 15.8 Å². The van der Waals surface area contributed by atoms with Gasteiger partial charge in [-0.25, -0.2) is 0 Å². The lowest BCUT2D eigenvalue weighted by Crippen LogP contribution is -2.40. The molecule has 25 heavy (non-hydrogen) atoms. The van der Waals surface area contributed by atoms with Crippen LogP contribution in [0.3, 0.4) is 0 Å². The Morgan fingerprint density at radius 2 is 2.28 bits per heavy atom. The second kappa shape index (κ2) is 8.11. The number of hydrogen-bond donors (Lipinski definition) is 2. The molecule has 0 unspecified atom stereocenters. The molecule has 2 atom stereocenters. The molecule has 1 fully saturated rings. The molecule has 0 aliphatic carbocycles. The van der Waals surface area contributed by atoms with E-state index in [9.17, 15) is 9.59 Å². The second-order valence-corrected chi connectivity index (χ2v) is 6.52. The Kier molecular flexibility index (Phi) is 5.65. The van der Waals surface area contributed by atoms with Gasteiger partial charge in [0.1, 0.15) is 5.76 Å². The Labute approximate surface area is 146 Å². The van der Waals surface area contributed by atoms with Gasteiger partial charge in [-0.05, 0) is 49.9 Å². The molecule has 7 heteroatoms. The summed E-state index contributed by atoms with van der Waals surface area (Å²) in [5, 5.41) is 10.3. The summed E-state index contributed by atoms with van der Waals surface area (Å²) < 4.78 is 10.3. The number of piperidine rings is 1. The van der Waals surface area contributed by atoms with E-state index in [1.165, 1.54) is 6.92 Å². The van der Waals surface area contributed by atoms with Crippen molar-refractivity contribution in [1.29, 1.82) is 0 Å². The fourth-order valence-electron chi connectivity index (χ4n) is 3.24. The lowest BCUT2D eigenvalue weighted by molar-refractivity contribution is -0.122. The molecule has 1 amide bonds. The van der Waals surface area contributed by atoms with E-state index in [-0.39, 0.29) is 29.3 Å². The number of amides is 1. The number of nitrogens with zero attached hydrogens (tertiary/aromatic N) is 1. The van der Waals surface area contributed by atoms with Crippen molar-refractivity contribution in [3.8, 4) is 0 Å². The average Bonchev–Trinajstić information content (AvgIpc) is 3.26. The zero-order valence-corrected chi connectivity index (χ0v) is 14.3. The molecule has 1 aliphatic heterocycles. The zero-order chi connectivity index (χ0) is 17.6. The maximum Gasteiger partial charge on any atom is 0.220 e. The SMILES string of the molecule is CC(=O)c1cc(C[C@@H]2CNCC[C@H]2CC(=O)NCc2ccco2)no1. The number of carbonyl (C=O) groups excluding carboxylic acids is 2. The number of rotatable bonds is 7. The third-order valence-corrected chi connectivity index (χ3v) is 4.63. The lowest BCUT2D eigenvalue weighted by Gasteiger charge is -2.31. The molecular weight excluding hydrogens is 322 g/mol. The van der Waals surface area contributed by atoms with Gasteiger partial charge in [-0.3, -0.25) is 9.59 Å². The number of nitrogens with one attached hydrogen (secondary N) is 2. The molecular formula is C18H23N3O4. The number of Topliss-reactive ketones (excluding diaryl/α,β-unsaturated/α-hetero) is 1.